The van der Waals surface area contributed by atoms with E-state index in [0.29, 0.717) is 0 Å². The van der Waals surface area contributed by atoms with Crippen LogP contribution in [-0.4, -0.2) is 33.6 Å². The van der Waals surface area contributed by atoms with Crippen LogP contribution in [0.4, 0.5) is 0 Å². The summed E-state index contributed by atoms with van der Waals surface area (Å²) in [5, 5.41) is 0. The van der Waals surface area contributed by atoms with Gasteiger partial charge >= 0.3 is 0 Å². The maximum Gasteiger partial charge on any atom is 0.160 e. The summed E-state index contributed by atoms with van der Waals surface area (Å²) in [4.78, 5) is 0. The Morgan fingerprint density at radius 1 is 0.353 bits per heavy atom. The Kier molecular flexibility index (Phi) is 34.4. The van der Waals surface area contributed by atoms with Crippen LogP contribution in [-0.2, 0) is 14.2 Å². The van der Waals surface area contributed by atoms with Gasteiger partial charge in [-0.05, 0) is 137 Å². The first-order valence-electron chi connectivity index (χ1n) is 22.3. The van der Waals surface area contributed by atoms with Gasteiger partial charge in [-0.2, -0.15) is 0 Å². The van der Waals surface area contributed by atoms with Gasteiger partial charge in [0.1, 0.15) is 0 Å². The van der Waals surface area contributed by atoms with E-state index in [1.54, 1.807) is 0 Å². The highest BCUT2D eigenvalue weighted by atomic mass is 127. The van der Waals surface area contributed by atoms with Crippen LogP contribution in [0, 0.1) is 47.3 Å². The van der Waals surface area contributed by atoms with E-state index in [2.05, 4.69) is 128 Å². The number of alkyl halides is 2. The highest BCUT2D eigenvalue weighted by molar-refractivity contribution is 14.1. The first kappa shape index (κ1) is 52.3. The lowest BCUT2D eigenvalue weighted by Crippen LogP contribution is -2.28. The number of ether oxygens (including phenoxy) is 3. The zero-order valence-corrected chi connectivity index (χ0v) is 40.8. The van der Waals surface area contributed by atoms with E-state index in [1.165, 1.54) is 89.9 Å². The maximum atomic E-state index is 6.73. The summed E-state index contributed by atoms with van der Waals surface area (Å²) in [7, 11) is 0. The van der Waals surface area contributed by atoms with Gasteiger partial charge in [-0.25, -0.2) is 0 Å². The predicted molar refractivity (Wildman–Crippen MR) is 245 cm³/mol. The zero-order valence-electron chi connectivity index (χ0n) is 36.5. The molecule has 0 heterocycles. The Morgan fingerprint density at radius 2 is 0.647 bits per heavy atom. The molecule has 0 amide bonds. The normalized spacial score (nSPS) is 19.4. The van der Waals surface area contributed by atoms with Crippen LogP contribution in [0.1, 0.15) is 212 Å². The summed E-state index contributed by atoms with van der Waals surface area (Å²) >= 11 is 5.16. The molecule has 0 saturated carbocycles. The quantitative estimate of drug-likeness (QED) is 0.0271. The Labute approximate surface area is 349 Å². The monoisotopic (exact) mass is 947 g/mol. The van der Waals surface area contributed by atoms with E-state index in [0.717, 1.165) is 107 Å². The third kappa shape index (κ3) is 33.2. The highest BCUT2D eigenvalue weighted by Crippen LogP contribution is 2.30. The minimum Gasteiger partial charge on any atom is -0.353 e. The zero-order chi connectivity index (χ0) is 38.6. The first-order valence-corrected chi connectivity index (χ1v) is 24.8. The largest absolute Gasteiger partial charge is 0.353 e. The fraction of sp³-hybridized carbons (Fsp3) is 1.00. The van der Waals surface area contributed by atoms with Crippen molar-refractivity contribution < 1.29 is 14.2 Å². The number of unbranched alkanes of at least 4 members (excludes halogenated alkanes) is 4. The van der Waals surface area contributed by atoms with Crippen molar-refractivity contribution in [3.05, 3.63) is 0 Å². The van der Waals surface area contributed by atoms with Crippen molar-refractivity contribution in [3.8, 4) is 0 Å². The summed E-state index contributed by atoms with van der Waals surface area (Å²) in [6, 6.07) is 0. The van der Waals surface area contributed by atoms with Crippen molar-refractivity contribution >= 4 is 45.2 Å². The second kappa shape index (κ2) is 33.5. The molecule has 0 aliphatic carbocycles. The molecule has 0 aromatic rings. The smallest absolute Gasteiger partial charge is 0.160 e. The molecule has 0 spiro atoms. The molecule has 12 unspecified atom stereocenters. The first-order chi connectivity index (χ1) is 24.1. The van der Waals surface area contributed by atoms with Gasteiger partial charge in [0.25, 0.3) is 0 Å². The Morgan fingerprint density at radius 3 is 0.941 bits per heavy atom. The molecule has 0 aliphatic heterocycles. The average molecular weight is 947 g/mol. The van der Waals surface area contributed by atoms with Crippen molar-refractivity contribution in [2.45, 2.75) is 232 Å². The fourth-order valence-corrected chi connectivity index (χ4v) is 10.7. The van der Waals surface area contributed by atoms with Crippen LogP contribution in [0.3, 0.4) is 0 Å². The third-order valence-corrected chi connectivity index (χ3v) is 12.0. The maximum absolute atomic E-state index is 6.73. The van der Waals surface area contributed by atoms with Crippen LogP contribution < -0.4 is 0 Å². The van der Waals surface area contributed by atoms with E-state index < -0.39 is 0 Å². The molecule has 0 N–H and O–H groups in total. The van der Waals surface area contributed by atoms with Crippen molar-refractivity contribution in [2.24, 2.45) is 47.3 Å². The third-order valence-electron chi connectivity index (χ3n) is 11.0. The van der Waals surface area contributed by atoms with Gasteiger partial charge in [-0.3, -0.25) is 0 Å². The standard InChI is InChI=1S/C46H92I2O3/c1-13-15-17-25-49-45(23-19-21-35(3)27-37(5)29-39(7)31-41(9)33-43(11)47)51-46(50-26-18-16-14-2)24-20-22-36(4)28-38(6)30-40(8)32-42(10)34-44(12)48/h35-46H,13-34H2,1-12H3. The molecule has 5 heteroatoms. The topological polar surface area (TPSA) is 27.7 Å². The van der Waals surface area contributed by atoms with Gasteiger partial charge in [-0.1, -0.05) is 167 Å². The Balaban J connectivity index is 5.00. The summed E-state index contributed by atoms with van der Waals surface area (Å²) < 4.78 is 21.2. The van der Waals surface area contributed by atoms with Gasteiger partial charge in [0.2, 0.25) is 0 Å². The van der Waals surface area contributed by atoms with Crippen LogP contribution >= 0.6 is 45.2 Å². The van der Waals surface area contributed by atoms with E-state index >= 15 is 0 Å². The lowest BCUT2D eigenvalue weighted by Gasteiger charge is -2.27. The molecule has 0 aromatic carbocycles. The number of hydrogen-bond acceptors (Lipinski definition) is 3. The summed E-state index contributed by atoms with van der Waals surface area (Å²) in [5.41, 5.74) is 0. The van der Waals surface area contributed by atoms with E-state index in [4.69, 9.17) is 14.2 Å². The molecular formula is C46H92I2O3. The molecule has 0 fully saturated rings. The minimum atomic E-state index is -0.152. The lowest BCUT2D eigenvalue weighted by atomic mass is 9.83. The SMILES string of the molecule is CCCCCOC(CCCC(C)CC(C)CC(C)CC(C)CC(C)I)OC(CCCC(C)CC(C)CC(C)CC(C)CC(C)I)OCCCCC. The highest BCUT2D eigenvalue weighted by Gasteiger charge is 2.21. The molecule has 0 aliphatic rings. The van der Waals surface area contributed by atoms with Crippen molar-refractivity contribution in [3.63, 3.8) is 0 Å². The van der Waals surface area contributed by atoms with Crippen molar-refractivity contribution in [2.75, 3.05) is 13.2 Å². The second-order valence-electron chi connectivity index (χ2n) is 18.3. The van der Waals surface area contributed by atoms with Gasteiger partial charge in [0.05, 0.1) is 0 Å². The molecular weight excluding hydrogens is 854 g/mol. The molecule has 12 atom stereocenters. The molecule has 308 valence electrons. The molecule has 3 nitrogen and oxygen atoms in total. The van der Waals surface area contributed by atoms with Crippen LogP contribution in [0.15, 0.2) is 0 Å². The number of hydrogen-bond donors (Lipinski definition) is 0. The average Bonchev–Trinajstić information content (AvgIpc) is 2.99. The lowest BCUT2D eigenvalue weighted by molar-refractivity contribution is -0.250. The summed E-state index contributed by atoms with van der Waals surface area (Å²) in [5.74, 6) is 6.40. The molecule has 0 aromatic heterocycles. The summed E-state index contributed by atoms with van der Waals surface area (Å²) in [6.07, 6.45) is 24.4. The summed E-state index contributed by atoms with van der Waals surface area (Å²) in [6.45, 7) is 30.6. The molecule has 0 radical (unpaired) electrons. The minimum absolute atomic E-state index is 0.152. The predicted octanol–water partition coefficient (Wildman–Crippen LogP) is 16.3. The van der Waals surface area contributed by atoms with Crippen LogP contribution in [0.5, 0.6) is 0 Å². The second-order valence-corrected chi connectivity index (χ2v) is 22.6. The Bertz CT molecular complexity index is 688. The molecule has 51 heavy (non-hydrogen) atoms. The Hall–Kier alpha value is 1.34. The van der Waals surface area contributed by atoms with E-state index in [9.17, 15) is 0 Å². The van der Waals surface area contributed by atoms with Gasteiger partial charge in [0, 0.05) is 21.1 Å². The number of rotatable bonds is 36. The molecule has 0 rings (SSSR count). The van der Waals surface area contributed by atoms with Crippen LogP contribution in [0.25, 0.3) is 0 Å². The molecule has 0 saturated heterocycles. The van der Waals surface area contributed by atoms with E-state index in [1.807, 2.05) is 0 Å². The molecule has 0 bridgehead atoms. The van der Waals surface area contributed by atoms with E-state index in [-0.39, 0.29) is 12.6 Å². The van der Waals surface area contributed by atoms with Crippen LogP contribution in [0.2, 0.25) is 0 Å². The van der Waals surface area contributed by atoms with Gasteiger partial charge < -0.3 is 14.2 Å². The fourth-order valence-electron chi connectivity index (χ4n) is 8.99. The number of halogens is 2. The van der Waals surface area contributed by atoms with Gasteiger partial charge in [0.15, 0.2) is 12.6 Å². The van der Waals surface area contributed by atoms with Gasteiger partial charge in [-0.15, -0.1) is 0 Å². The van der Waals surface area contributed by atoms with Crippen molar-refractivity contribution in [1.82, 2.24) is 0 Å². The van der Waals surface area contributed by atoms with Crippen molar-refractivity contribution in [1.29, 1.82) is 0 Å².